The highest BCUT2D eigenvalue weighted by molar-refractivity contribution is 6.07. The van der Waals surface area contributed by atoms with Gasteiger partial charge in [-0.05, 0) is 96.8 Å². The molecule has 15 nitrogen and oxygen atoms in total. The van der Waals surface area contributed by atoms with E-state index in [1.54, 1.807) is 28.3 Å². The van der Waals surface area contributed by atoms with E-state index in [9.17, 15) is 23.2 Å². The van der Waals surface area contributed by atoms with Crippen LogP contribution in [-0.2, 0) is 12.8 Å². The Kier molecular flexibility index (Phi) is 20.1. The molecule has 0 unspecified atom stereocenters. The molecule has 4 aromatic carbocycles. The maximum Gasteiger partial charge on any atom is 0.254 e. The molecule has 2 saturated heterocycles. The van der Waals surface area contributed by atoms with Crippen LogP contribution in [0.4, 0.5) is 31.5 Å². The first-order valence-corrected chi connectivity index (χ1v) is 26.4. The third-order valence-electron chi connectivity index (χ3n) is 13.9. The lowest BCUT2D eigenvalue weighted by Crippen LogP contribution is -2.42. The number of rotatable bonds is 19. The molecule has 4 heterocycles. The number of carbonyl (C=O) groups is 3. The number of anilines is 4. The van der Waals surface area contributed by atoms with Crippen molar-refractivity contribution in [2.24, 2.45) is 0 Å². The lowest BCUT2D eigenvalue weighted by atomic mass is 10.0. The zero-order valence-electron chi connectivity index (χ0n) is 46.3. The van der Waals surface area contributed by atoms with Crippen LogP contribution in [0.25, 0.3) is 5.70 Å². The number of pyridine rings is 2. The number of nitrogens with zero attached hydrogens (tertiary/aromatic N) is 8. The lowest BCUT2D eigenvalue weighted by molar-refractivity contribution is 0.0577. The largest absolute Gasteiger partial charge is 0.474 e. The van der Waals surface area contributed by atoms with E-state index in [4.69, 9.17) is 9.47 Å². The lowest BCUT2D eigenvalue weighted by Gasteiger charge is -2.32. The topological polar surface area (TPSA) is 139 Å². The van der Waals surface area contributed by atoms with Crippen LogP contribution in [0.5, 0.6) is 11.8 Å². The highest BCUT2D eigenvalue weighted by Crippen LogP contribution is 2.26. The van der Waals surface area contributed by atoms with Crippen molar-refractivity contribution in [1.82, 2.24) is 30.4 Å². The highest BCUT2D eigenvalue weighted by Gasteiger charge is 2.29. The molecule has 2 N–H and O–H groups in total. The van der Waals surface area contributed by atoms with E-state index in [1.165, 1.54) is 29.8 Å². The van der Waals surface area contributed by atoms with Crippen molar-refractivity contribution in [3.63, 3.8) is 0 Å². The first-order valence-electron chi connectivity index (χ1n) is 26.4. The smallest absolute Gasteiger partial charge is 0.254 e. The number of carbonyl (C=O) groups excluding carboxylic acids is 3. The summed E-state index contributed by atoms with van der Waals surface area (Å²) in [7, 11) is 15.8. The van der Waals surface area contributed by atoms with Gasteiger partial charge >= 0.3 is 0 Å². The molecule has 0 aliphatic carbocycles. The number of nitrogens with one attached hydrogen (secondary N) is 2. The predicted octanol–water partition coefficient (Wildman–Crippen LogP) is 8.85. The number of piperidine rings is 2. The Balaban J connectivity index is 0.000000226. The van der Waals surface area contributed by atoms with Crippen LogP contribution < -0.4 is 39.7 Å². The van der Waals surface area contributed by atoms with Gasteiger partial charge in [0.25, 0.3) is 17.7 Å². The Labute approximate surface area is 458 Å². The Morgan fingerprint density at radius 1 is 0.513 bits per heavy atom. The summed E-state index contributed by atoms with van der Waals surface area (Å²) in [6.45, 7) is 7.17. The molecule has 17 heteroatoms. The van der Waals surface area contributed by atoms with Crippen molar-refractivity contribution in [3.8, 4) is 11.8 Å². The van der Waals surface area contributed by atoms with Crippen molar-refractivity contribution in [3.05, 3.63) is 173 Å². The van der Waals surface area contributed by atoms with E-state index in [2.05, 4.69) is 56.3 Å². The van der Waals surface area contributed by atoms with E-state index in [0.717, 1.165) is 40.8 Å². The van der Waals surface area contributed by atoms with Crippen LogP contribution in [0.2, 0.25) is 0 Å². The number of amides is 3. The molecule has 2 aliphatic heterocycles. The SMILES string of the molecule is C=C(NCCc1ccc(N(C)C)cc1)c1ccc(F)cc1C(=O)N1CCC(Oc2ccc(N(C)C)cn2)CC1.CN(C)c1ccc(CCNC(=O)c2cc(F)ccc2C(=O)N2CCC(Oc3ccc(N(C)C)cn3)CC2)cc1. The number of halogens is 2. The summed E-state index contributed by atoms with van der Waals surface area (Å²) >= 11 is 0. The number of aromatic nitrogens is 2. The first kappa shape index (κ1) is 57.5. The van der Waals surface area contributed by atoms with Gasteiger partial charge in [0, 0.05) is 156 Å². The first-order chi connectivity index (χ1) is 37.4. The molecular formula is C61H74F2N10O5. The molecular weight excluding hydrogens is 991 g/mol. The van der Waals surface area contributed by atoms with Crippen LogP contribution in [0.15, 0.2) is 128 Å². The van der Waals surface area contributed by atoms with E-state index >= 15 is 0 Å². The van der Waals surface area contributed by atoms with Crippen LogP contribution in [-0.4, -0.2) is 145 Å². The molecule has 0 spiro atoms. The molecule has 2 aliphatic rings. The summed E-state index contributed by atoms with van der Waals surface area (Å²) < 4.78 is 40.4. The van der Waals surface area contributed by atoms with Gasteiger partial charge in [-0.25, -0.2) is 18.7 Å². The average molecular weight is 1070 g/mol. The highest BCUT2D eigenvalue weighted by atomic mass is 19.1. The van der Waals surface area contributed by atoms with Crippen molar-refractivity contribution < 1.29 is 32.6 Å². The Morgan fingerprint density at radius 3 is 1.31 bits per heavy atom. The minimum Gasteiger partial charge on any atom is -0.474 e. The summed E-state index contributed by atoms with van der Waals surface area (Å²) in [5.41, 5.74) is 8.30. The molecule has 3 amide bonds. The van der Waals surface area contributed by atoms with Crippen molar-refractivity contribution in [2.75, 3.05) is 115 Å². The van der Waals surface area contributed by atoms with Gasteiger partial charge in [0.15, 0.2) is 0 Å². The fourth-order valence-electron chi connectivity index (χ4n) is 9.09. The molecule has 2 fully saturated rings. The minimum atomic E-state index is -0.559. The van der Waals surface area contributed by atoms with Crippen LogP contribution in [0, 0.1) is 11.6 Å². The number of hydrogen-bond acceptors (Lipinski definition) is 12. The normalized spacial score (nSPS) is 13.6. The number of likely N-dealkylation sites (tertiary alicyclic amines) is 2. The maximum absolute atomic E-state index is 14.2. The third-order valence-corrected chi connectivity index (χ3v) is 13.9. The van der Waals surface area contributed by atoms with Gasteiger partial charge in [-0.3, -0.25) is 14.4 Å². The van der Waals surface area contributed by atoms with Gasteiger partial charge in [0.2, 0.25) is 11.8 Å². The number of benzene rings is 4. The van der Waals surface area contributed by atoms with Gasteiger partial charge < -0.3 is 49.5 Å². The second-order valence-corrected chi connectivity index (χ2v) is 20.4. The monoisotopic (exact) mass is 1060 g/mol. The van der Waals surface area contributed by atoms with Gasteiger partial charge in [-0.15, -0.1) is 0 Å². The molecule has 6 aromatic rings. The zero-order valence-corrected chi connectivity index (χ0v) is 46.3. The van der Waals surface area contributed by atoms with E-state index in [-0.39, 0.29) is 35.1 Å². The fourth-order valence-corrected chi connectivity index (χ4v) is 9.09. The van der Waals surface area contributed by atoms with E-state index in [1.807, 2.05) is 120 Å². The van der Waals surface area contributed by atoms with E-state index < -0.39 is 17.5 Å². The fraction of sp³-hybridized carbons (Fsp3) is 0.361. The molecule has 0 bridgehead atoms. The van der Waals surface area contributed by atoms with Gasteiger partial charge in [-0.2, -0.15) is 0 Å². The van der Waals surface area contributed by atoms with Crippen molar-refractivity contribution >= 4 is 46.2 Å². The molecule has 0 atom stereocenters. The molecule has 78 heavy (non-hydrogen) atoms. The maximum atomic E-state index is 14.2. The van der Waals surface area contributed by atoms with E-state index in [0.29, 0.717) is 100.0 Å². The molecule has 0 radical (unpaired) electrons. The summed E-state index contributed by atoms with van der Waals surface area (Å²) in [6, 6.07) is 32.1. The van der Waals surface area contributed by atoms with Gasteiger partial charge in [-0.1, -0.05) is 30.8 Å². The quantitative estimate of drug-likeness (QED) is 0.0802. The predicted molar refractivity (Wildman–Crippen MR) is 307 cm³/mol. The van der Waals surface area contributed by atoms with Gasteiger partial charge in [0.05, 0.1) is 40.5 Å². The summed E-state index contributed by atoms with van der Waals surface area (Å²) in [4.78, 5) is 60.0. The molecule has 8 rings (SSSR count). The van der Waals surface area contributed by atoms with Gasteiger partial charge in [0.1, 0.15) is 23.8 Å². The summed E-state index contributed by atoms with van der Waals surface area (Å²) in [5, 5.41) is 6.16. The van der Waals surface area contributed by atoms with Crippen molar-refractivity contribution in [1.29, 1.82) is 0 Å². The third kappa shape index (κ3) is 15.9. The number of hydrogen-bond donors (Lipinski definition) is 2. The standard InChI is InChI=1S/C31H38FN5O2.C30H36FN5O3/c1-22(33-17-14-23-6-9-25(10-7-23)35(2)3)28-12-8-24(32)20-29(28)31(38)37-18-15-27(16-19-37)39-30-13-11-26(21-34-30)36(4)5;1-34(2)23-8-5-21(6-9-23)13-16-32-29(37)27-19-22(31)7-11-26(27)30(38)36-17-14-25(15-18-36)39-28-12-10-24(20-33-28)35(3)4/h6-13,20-21,27,33H,1,14-19H2,2-5H3;5-12,19-20,25H,13-18H2,1-4H3,(H,32,37). The Morgan fingerprint density at radius 2 is 0.897 bits per heavy atom. The second kappa shape index (κ2) is 27.2. The Hall–Kier alpha value is -8.21. The number of ether oxygens (including phenoxy) is 2. The van der Waals surface area contributed by atoms with Crippen molar-refractivity contribution in [2.45, 2.75) is 50.7 Å². The Bertz CT molecular complexity index is 2940. The average Bonchev–Trinajstić information content (AvgIpc) is 3.44. The second-order valence-electron chi connectivity index (χ2n) is 20.4. The van der Waals surface area contributed by atoms with Crippen LogP contribution >= 0.6 is 0 Å². The van der Waals surface area contributed by atoms with Crippen LogP contribution in [0.1, 0.15) is 73.4 Å². The van der Waals surface area contributed by atoms with Crippen LogP contribution in [0.3, 0.4) is 0 Å². The molecule has 412 valence electrons. The minimum absolute atomic E-state index is 0.0258. The summed E-state index contributed by atoms with van der Waals surface area (Å²) in [5.74, 6) is -0.819. The zero-order chi connectivity index (χ0) is 55.9. The summed E-state index contributed by atoms with van der Waals surface area (Å²) in [6.07, 6.45) is 7.51. The molecule has 0 saturated carbocycles. The molecule has 2 aromatic heterocycles.